The molecule has 0 saturated carbocycles. The number of ether oxygens (including phenoxy) is 1. The Hall–Kier alpha value is -1.32. The van der Waals surface area contributed by atoms with Gasteiger partial charge in [0.1, 0.15) is 5.75 Å². The van der Waals surface area contributed by atoms with Crippen LogP contribution in [-0.2, 0) is 0 Å². The molecule has 2 rings (SSSR count). The van der Waals surface area contributed by atoms with Crippen LogP contribution in [0, 0.1) is 6.92 Å². The molecule has 3 nitrogen and oxygen atoms in total. The van der Waals surface area contributed by atoms with Crippen LogP contribution in [0.25, 0.3) is 0 Å². The minimum absolute atomic E-state index is 0.124. The second-order valence-electron chi connectivity index (χ2n) is 5.28. The highest BCUT2D eigenvalue weighted by Crippen LogP contribution is 2.32. The Kier molecular flexibility index (Phi) is 5.00. The molecule has 0 radical (unpaired) electrons. The Labute approximate surface area is 115 Å². The van der Waals surface area contributed by atoms with Crippen molar-refractivity contribution in [2.45, 2.75) is 45.1 Å². The molecule has 0 bridgehead atoms. The van der Waals surface area contributed by atoms with E-state index in [0.717, 1.165) is 17.7 Å². The molecule has 0 heterocycles. The third-order valence-electron chi connectivity index (χ3n) is 3.81. The monoisotopic (exact) mass is 260 g/mol. The van der Waals surface area contributed by atoms with Gasteiger partial charge in [-0.15, -0.1) is 0 Å². The van der Waals surface area contributed by atoms with E-state index in [4.69, 9.17) is 10.6 Å². The molecular weight excluding hydrogens is 236 g/mol. The molecular formula is C16H24N2O. The lowest BCUT2D eigenvalue weighted by Crippen LogP contribution is -2.29. The number of hydrogen-bond donors (Lipinski definition) is 2. The lowest BCUT2D eigenvalue weighted by molar-refractivity contribution is 0.398. The number of methoxy groups -OCH3 is 1. The van der Waals surface area contributed by atoms with Crippen LogP contribution in [0.1, 0.15) is 49.3 Å². The van der Waals surface area contributed by atoms with Crippen LogP contribution in [0.15, 0.2) is 29.8 Å². The van der Waals surface area contributed by atoms with Crippen LogP contribution < -0.4 is 16.0 Å². The molecule has 1 aromatic rings. The maximum Gasteiger partial charge on any atom is 0.123 e. The van der Waals surface area contributed by atoms with Crippen LogP contribution in [-0.4, -0.2) is 7.11 Å². The van der Waals surface area contributed by atoms with Gasteiger partial charge in [-0.05, 0) is 45.1 Å². The average molecular weight is 260 g/mol. The molecule has 3 heteroatoms. The second-order valence-corrected chi connectivity index (χ2v) is 5.28. The van der Waals surface area contributed by atoms with E-state index in [1.807, 2.05) is 6.07 Å². The maximum atomic E-state index is 5.76. The van der Waals surface area contributed by atoms with Crippen molar-refractivity contribution in [3.8, 4) is 5.75 Å². The quantitative estimate of drug-likeness (QED) is 0.484. The van der Waals surface area contributed by atoms with Crippen LogP contribution in [0.3, 0.4) is 0 Å². The lowest BCUT2D eigenvalue weighted by Gasteiger charge is -2.22. The Morgan fingerprint density at radius 2 is 2.21 bits per heavy atom. The number of hydrazine groups is 1. The fourth-order valence-corrected chi connectivity index (χ4v) is 2.74. The van der Waals surface area contributed by atoms with E-state index in [1.54, 1.807) is 7.11 Å². The molecule has 1 aliphatic carbocycles. The maximum absolute atomic E-state index is 5.76. The van der Waals surface area contributed by atoms with Gasteiger partial charge in [-0.1, -0.05) is 29.3 Å². The summed E-state index contributed by atoms with van der Waals surface area (Å²) in [6.45, 7) is 2.09. The molecule has 0 amide bonds. The molecule has 0 spiro atoms. The minimum atomic E-state index is 0.124. The number of allylic oxidation sites excluding steroid dienone is 1. The van der Waals surface area contributed by atoms with E-state index in [-0.39, 0.29) is 6.04 Å². The Morgan fingerprint density at radius 1 is 1.37 bits per heavy atom. The molecule has 104 valence electrons. The predicted molar refractivity (Wildman–Crippen MR) is 79.0 cm³/mol. The number of aryl methyl sites for hydroxylation is 1. The van der Waals surface area contributed by atoms with Crippen molar-refractivity contribution < 1.29 is 4.74 Å². The first kappa shape index (κ1) is 14.1. The standard InChI is InChI=1S/C16H24N2O/c1-12-8-9-16(19-2)14(10-12)15(18-17)11-13-6-4-3-5-7-13/h6,8-10,15,18H,3-5,7,11,17H2,1-2H3. The van der Waals surface area contributed by atoms with Crippen molar-refractivity contribution in [3.63, 3.8) is 0 Å². The van der Waals surface area contributed by atoms with Gasteiger partial charge in [0, 0.05) is 5.56 Å². The Bertz CT molecular complexity index is 454. The third-order valence-corrected chi connectivity index (χ3v) is 3.81. The van der Waals surface area contributed by atoms with Crippen molar-refractivity contribution in [2.75, 3.05) is 7.11 Å². The number of nitrogens with two attached hydrogens (primary N) is 1. The zero-order valence-corrected chi connectivity index (χ0v) is 11.9. The summed E-state index contributed by atoms with van der Waals surface area (Å²) in [5, 5.41) is 0. The van der Waals surface area contributed by atoms with Gasteiger partial charge in [0.05, 0.1) is 13.2 Å². The SMILES string of the molecule is COc1ccc(C)cc1C(CC1=CCCCC1)NN. The largest absolute Gasteiger partial charge is 0.496 e. The summed E-state index contributed by atoms with van der Waals surface area (Å²) in [5.41, 5.74) is 6.84. The molecule has 0 saturated heterocycles. The number of hydrogen-bond acceptors (Lipinski definition) is 3. The summed E-state index contributed by atoms with van der Waals surface area (Å²) in [7, 11) is 1.71. The van der Waals surface area contributed by atoms with E-state index in [9.17, 15) is 0 Å². The van der Waals surface area contributed by atoms with Crippen LogP contribution >= 0.6 is 0 Å². The highest BCUT2D eigenvalue weighted by molar-refractivity contribution is 5.39. The molecule has 3 N–H and O–H groups in total. The molecule has 0 aliphatic heterocycles. The fraction of sp³-hybridized carbons (Fsp3) is 0.500. The number of benzene rings is 1. The first-order valence-electron chi connectivity index (χ1n) is 7.03. The van der Waals surface area contributed by atoms with Crippen molar-refractivity contribution in [1.29, 1.82) is 0 Å². The number of nitrogens with one attached hydrogen (secondary N) is 1. The zero-order chi connectivity index (χ0) is 13.7. The molecule has 1 aliphatic rings. The Balaban J connectivity index is 2.20. The lowest BCUT2D eigenvalue weighted by atomic mass is 9.91. The molecule has 0 aromatic heterocycles. The van der Waals surface area contributed by atoms with E-state index in [0.29, 0.717) is 0 Å². The second kappa shape index (κ2) is 6.73. The van der Waals surface area contributed by atoms with Gasteiger partial charge in [-0.3, -0.25) is 11.3 Å². The molecule has 1 aromatic carbocycles. The van der Waals surface area contributed by atoms with Crippen molar-refractivity contribution in [3.05, 3.63) is 41.0 Å². The van der Waals surface area contributed by atoms with Gasteiger partial charge < -0.3 is 4.74 Å². The van der Waals surface area contributed by atoms with Gasteiger partial charge >= 0.3 is 0 Å². The Morgan fingerprint density at radius 3 is 2.84 bits per heavy atom. The van der Waals surface area contributed by atoms with Gasteiger partial charge in [0.15, 0.2) is 0 Å². The van der Waals surface area contributed by atoms with Crippen molar-refractivity contribution >= 4 is 0 Å². The van der Waals surface area contributed by atoms with E-state index >= 15 is 0 Å². The van der Waals surface area contributed by atoms with Crippen LogP contribution in [0.5, 0.6) is 5.75 Å². The number of rotatable bonds is 5. The van der Waals surface area contributed by atoms with E-state index in [2.05, 4.69) is 30.6 Å². The normalized spacial score (nSPS) is 16.9. The zero-order valence-electron chi connectivity index (χ0n) is 11.9. The third kappa shape index (κ3) is 3.58. The fourth-order valence-electron chi connectivity index (χ4n) is 2.74. The molecule has 0 fully saturated rings. The average Bonchev–Trinajstić information content (AvgIpc) is 2.46. The summed E-state index contributed by atoms with van der Waals surface area (Å²) in [6, 6.07) is 6.37. The molecule has 1 atom stereocenters. The topological polar surface area (TPSA) is 47.3 Å². The van der Waals surface area contributed by atoms with Gasteiger partial charge in [0.2, 0.25) is 0 Å². The summed E-state index contributed by atoms with van der Waals surface area (Å²) < 4.78 is 5.46. The molecule has 19 heavy (non-hydrogen) atoms. The summed E-state index contributed by atoms with van der Waals surface area (Å²) in [6.07, 6.45) is 8.36. The van der Waals surface area contributed by atoms with Crippen molar-refractivity contribution in [2.24, 2.45) is 5.84 Å². The summed E-state index contributed by atoms with van der Waals surface area (Å²) >= 11 is 0. The predicted octanol–water partition coefficient (Wildman–Crippen LogP) is 3.40. The van der Waals surface area contributed by atoms with E-state index in [1.165, 1.54) is 36.8 Å². The smallest absolute Gasteiger partial charge is 0.123 e. The van der Waals surface area contributed by atoms with Crippen molar-refractivity contribution in [1.82, 2.24) is 5.43 Å². The minimum Gasteiger partial charge on any atom is -0.496 e. The van der Waals surface area contributed by atoms with Gasteiger partial charge in [-0.2, -0.15) is 0 Å². The van der Waals surface area contributed by atoms with Crippen LogP contribution in [0.2, 0.25) is 0 Å². The van der Waals surface area contributed by atoms with Gasteiger partial charge in [-0.25, -0.2) is 0 Å². The summed E-state index contributed by atoms with van der Waals surface area (Å²) in [5.74, 6) is 6.67. The summed E-state index contributed by atoms with van der Waals surface area (Å²) in [4.78, 5) is 0. The highest BCUT2D eigenvalue weighted by Gasteiger charge is 2.17. The highest BCUT2D eigenvalue weighted by atomic mass is 16.5. The molecule has 1 unspecified atom stereocenters. The van der Waals surface area contributed by atoms with E-state index < -0.39 is 0 Å². The van der Waals surface area contributed by atoms with Crippen LogP contribution in [0.4, 0.5) is 0 Å². The first-order chi connectivity index (χ1) is 9.24. The first-order valence-corrected chi connectivity index (χ1v) is 7.03. The van der Waals surface area contributed by atoms with Gasteiger partial charge in [0.25, 0.3) is 0 Å².